The number of rotatable bonds is 3. The molecule has 0 bridgehead atoms. The van der Waals surface area contributed by atoms with Gasteiger partial charge in [0.15, 0.2) is 0 Å². The third kappa shape index (κ3) is 2.96. The quantitative estimate of drug-likeness (QED) is 0.589. The van der Waals surface area contributed by atoms with Crippen molar-refractivity contribution in [3.8, 4) is 0 Å². The monoisotopic (exact) mass is 281 g/mol. The molecule has 110 valence electrons. The molecule has 1 fully saturated rings. The smallest absolute Gasteiger partial charge is 0.307 e. The van der Waals surface area contributed by atoms with Gasteiger partial charge in [-0.3, -0.25) is 24.5 Å². The molecule has 2 rings (SSSR count). The third-order valence-electron chi connectivity index (χ3n) is 3.80. The van der Waals surface area contributed by atoms with Crippen molar-refractivity contribution in [3.05, 3.63) is 22.5 Å². The van der Waals surface area contributed by atoms with Crippen LogP contribution in [0.25, 0.3) is 0 Å². The minimum atomic E-state index is -0.521. The fraction of sp³-hybridized carbons (Fsp3) is 0.667. The van der Waals surface area contributed by atoms with Gasteiger partial charge >= 0.3 is 5.69 Å². The average molecular weight is 281 g/mol. The predicted molar refractivity (Wildman–Crippen MR) is 72.2 cm³/mol. The van der Waals surface area contributed by atoms with Gasteiger partial charge in [0.1, 0.15) is 18.9 Å². The van der Waals surface area contributed by atoms with Crippen molar-refractivity contribution < 1.29 is 9.72 Å². The molecule has 0 aromatic carbocycles. The SMILES string of the molecule is CN1CCN(C(=O)Cn2cc([N+](=O)[O-])cn2)CC1(C)C. The van der Waals surface area contributed by atoms with Crippen molar-refractivity contribution in [1.29, 1.82) is 0 Å². The molecule has 1 aliphatic rings. The van der Waals surface area contributed by atoms with Gasteiger partial charge in [0, 0.05) is 25.2 Å². The van der Waals surface area contributed by atoms with Crippen LogP contribution in [0, 0.1) is 10.1 Å². The Balaban J connectivity index is 1.99. The minimum absolute atomic E-state index is 0.0354. The maximum absolute atomic E-state index is 12.2. The van der Waals surface area contributed by atoms with E-state index in [2.05, 4.69) is 23.8 Å². The molecule has 1 aromatic rings. The maximum atomic E-state index is 12.2. The molecule has 0 aliphatic carbocycles. The molecule has 1 amide bonds. The van der Waals surface area contributed by atoms with E-state index in [1.807, 2.05) is 7.05 Å². The average Bonchev–Trinajstić information content (AvgIpc) is 2.81. The van der Waals surface area contributed by atoms with Crippen LogP contribution in [0.3, 0.4) is 0 Å². The molecule has 0 atom stereocenters. The van der Waals surface area contributed by atoms with Crippen LogP contribution < -0.4 is 0 Å². The van der Waals surface area contributed by atoms with Gasteiger partial charge < -0.3 is 4.90 Å². The Kier molecular flexibility index (Phi) is 3.76. The standard InChI is InChI=1S/C12H19N5O3/c1-12(2)9-15(5-4-14(12)3)11(18)8-16-7-10(6-13-16)17(19)20/h6-7H,4-5,8-9H2,1-3H3. The van der Waals surface area contributed by atoms with Crippen LogP contribution in [-0.2, 0) is 11.3 Å². The lowest BCUT2D eigenvalue weighted by molar-refractivity contribution is -0.385. The molecule has 0 radical (unpaired) electrons. The number of nitro groups is 1. The van der Waals surface area contributed by atoms with Crippen molar-refractivity contribution in [2.24, 2.45) is 0 Å². The summed E-state index contributed by atoms with van der Waals surface area (Å²) in [6.07, 6.45) is 2.43. The van der Waals surface area contributed by atoms with E-state index >= 15 is 0 Å². The fourth-order valence-corrected chi connectivity index (χ4v) is 2.23. The highest BCUT2D eigenvalue weighted by molar-refractivity contribution is 5.76. The van der Waals surface area contributed by atoms with E-state index in [1.165, 1.54) is 10.9 Å². The Labute approximate surface area is 117 Å². The molecule has 2 heterocycles. The number of hydrogen-bond acceptors (Lipinski definition) is 5. The summed E-state index contributed by atoms with van der Waals surface area (Å²) in [5.74, 6) is -0.0656. The van der Waals surface area contributed by atoms with Gasteiger partial charge in [-0.1, -0.05) is 0 Å². The predicted octanol–water partition coefficient (Wildman–Crippen LogP) is 0.344. The number of carbonyl (C=O) groups is 1. The minimum Gasteiger partial charge on any atom is -0.338 e. The van der Waals surface area contributed by atoms with Crippen LogP contribution >= 0.6 is 0 Å². The van der Waals surface area contributed by atoms with E-state index in [-0.39, 0.29) is 23.7 Å². The van der Waals surface area contributed by atoms with Gasteiger partial charge in [-0.05, 0) is 20.9 Å². The number of piperazine rings is 1. The normalized spacial score (nSPS) is 19.1. The van der Waals surface area contributed by atoms with E-state index < -0.39 is 4.92 Å². The third-order valence-corrected chi connectivity index (χ3v) is 3.80. The molecule has 1 aromatic heterocycles. The van der Waals surface area contributed by atoms with Gasteiger partial charge in [0.2, 0.25) is 5.91 Å². The highest BCUT2D eigenvalue weighted by atomic mass is 16.6. The molecular formula is C12H19N5O3. The van der Waals surface area contributed by atoms with E-state index in [9.17, 15) is 14.9 Å². The first-order valence-electron chi connectivity index (χ1n) is 6.45. The first-order valence-corrected chi connectivity index (χ1v) is 6.45. The maximum Gasteiger partial charge on any atom is 0.307 e. The van der Waals surface area contributed by atoms with Crippen molar-refractivity contribution in [2.45, 2.75) is 25.9 Å². The molecule has 0 unspecified atom stereocenters. The summed E-state index contributed by atoms with van der Waals surface area (Å²) in [7, 11) is 2.04. The van der Waals surface area contributed by atoms with E-state index in [0.29, 0.717) is 13.1 Å². The molecule has 0 N–H and O–H groups in total. The first kappa shape index (κ1) is 14.4. The Bertz CT molecular complexity index is 525. The zero-order valence-electron chi connectivity index (χ0n) is 11.9. The number of hydrogen-bond donors (Lipinski definition) is 0. The zero-order valence-corrected chi connectivity index (χ0v) is 11.9. The van der Waals surface area contributed by atoms with Crippen LogP contribution in [0.15, 0.2) is 12.4 Å². The molecule has 8 nitrogen and oxygen atoms in total. The number of amides is 1. The van der Waals surface area contributed by atoms with Crippen LogP contribution in [0.4, 0.5) is 5.69 Å². The first-order chi connectivity index (χ1) is 9.29. The van der Waals surface area contributed by atoms with E-state index in [0.717, 1.165) is 12.7 Å². The number of nitrogens with zero attached hydrogens (tertiary/aromatic N) is 5. The topological polar surface area (TPSA) is 84.5 Å². The lowest BCUT2D eigenvalue weighted by atomic mass is 10.00. The van der Waals surface area contributed by atoms with Crippen LogP contribution in [0.2, 0.25) is 0 Å². The van der Waals surface area contributed by atoms with Crippen LogP contribution in [-0.4, -0.2) is 62.6 Å². The summed E-state index contributed by atoms with van der Waals surface area (Å²) in [6.45, 7) is 6.34. The van der Waals surface area contributed by atoms with Crippen molar-refractivity contribution in [2.75, 3.05) is 26.7 Å². The molecule has 0 spiro atoms. The molecular weight excluding hydrogens is 262 g/mol. The highest BCUT2D eigenvalue weighted by Gasteiger charge is 2.33. The van der Waals surface area contributed by atoms with Crippen molar-refractivity contribution in [1.82, 2.24) is 19.6 Å². The fourth-order valence-electron chi connectivity index (χ4n) is 2.23. The Morgan fingerprint density at radius 1 is 1.50 bits per heavy atom. The number of likely N-dealkylation sites (N-methyl/N-ethyl adjacent to an activating group) is 1. The molecule has 0 saturated carbocycles. The van der Waals surface area contributed by atoms with Crippen LogP contribution in [0.1, 0.15) is 13.8 Å². The van der Waals surface area contributed by atoms with Crippen LogP contribution in [0.5, 0.6) is 0 Å². The number of aromatic nitrogens is 2. The summed E-state index contributed by atoms with van der Waals surface area (Å²) < 4.78 is 1.31. The summed E-state index contributed by atoms with van der Waals surface area (Å²) in [5.41, 5.74) is -0.166. The van der Waals surface area contributed by atoms with Crippen molar-refractivity contribution in [3.63, 3.8) is 0 Å². The van der Waals surface area contributed by atoms with E-state index in [4.69, 9.17) is 0 Å². The summed E-state index contributed by atoms with van der Waals surface area (Å²) in [4.78, 5) is 26.3. The second kappa shape index (κ2) is 5.20. The van der Waals surface area contributed by atoms with Gasteiger partial charge in [-0.15, -0.1) is 0 Å². The van der Waals surface area contributed by atoms with Crippen molar-refractivity contribution >= 4 is 11.6 Å². The lowest BCUT2D eigenvalue weighted by Crippen LogP contribution is -2.59. The highest BCUT2D eigenvalue weighted by Crippen LogP contribution is 2.19. The van der Waals surface area contributed by atoms with Gasteiger partial charge in [0.05, 0.1) is 4.92 Å². The lowest BCUT2D eigenvalue weighted by Gasteiger charge is -2.45. The summed E-state index contributed by atoms with van der Waals surface area (Å²) in [6, 6.07) is 0. The Morgan fingerprint density at radius 2 is 2.20 bits per heavy atom. The van der Waals surface area contributed by atoms with E-state index in [1.54, 1.807) is 4.90 Å². The summed E-state index contributed by atoms with van der Waals surface area (Å²) >= 11 is 0. The van der Waals surface area contributed by atoms with Gasteiger partial charge in [-0.2, -0.15) is 5.10 Å². The second-order valence-corrected chi connectivity index (χ2v) is 5.70. The molecule has 1 saturated heterocycles. The molecule has 20 heavy (non-hydrogen) atoms. The second-order valence-electron chi connectivity index (χ2n) is 5.70. The number of carbonyl (C=O) groups excluding carboxylic acids is 1. The molecule has 1 aliphatic heterocycles. The Morgan fingerprint density at radius 3 is 2.75 bits per heavy atom. The van der Waals surface area contributed by atoms with Gasteiger partial charge in [0.25, 0.3) is 0 Å². The largest absolute Gasteiger partial charge is 0.338 e. The zero-order chi connectivity index (χ0) is 14.9. The summed E-state index contributed by atoms with van der Waals surface area (Å²) in [5, 5.41) is 14.4. The van der Waals surface area contributed by atoms with Gasteiger partial charge in [-0.25, -0.2) is 0 Å². The molecule has 8 heteroatoms. The Hall–Kier alpha value is -1.96.